The quantitative estimate of drug-likeness (QED) is 0.794. The van der Waals surface area contributed by atoms with E-state index in [1.807, 2.05) is 6.07 Å². The summed E-state index contributed by atoms with van der Waals surface area (Å²) in [6.07, 6.45) is 1.48. The second-order valence-corrected chi connectivity index (χ2v) is 8.07. The first-order chi connectivity index (χ1) is 12.8. The smallest absolute Gasteiger partial charge is 0.270 e. The molecule has 1 aliphatic rings. The highest BCUT2D eigenvalue weighted by Gasteiger charge is 2.32. The number of hydrogen-bond donors (Lipinski definition) is 1. The van der Waals surface area contributed by atoms with E-state index in [0.29, 0.717) is 11.3 Å². The van der Waals surface area contributed by atoms with Gasteiger partial charge >= 0.3 is 0 Å². The number of piperazine rings is 1. The summed E-state index contributed by atoms with van der Waals surface area (Å²) in [6, 6.07) is 9.45. The van der Waals surface area contributed by atoms with Gasteiger partial charge in [-0.25, -0.2) is 8.42 Å². The highest BCUT2D eigenvalue weighted by atomic mass is 32.2. The van der Waals surface area contributed by atoms with Crippen LogP contribution in [0.15, 0.2) is 41.4 Å². The Hall–Kier alpha value is -2.96. The van der Waals surface area contributed by atoms with Gasteiger partial charge in [-0.3, -0.25) is 9.59 Å². The van der Waals surface area contributed by atoms with Crippen molar-refractivity contribution in [3.8, 4) is 6.07 Å². The summed E-state index contributed by atoms with van der Waals surface area (Å²) in [5.74, 6) is -0.422. The van der Waals surface area contributed by atoms with Crippen LogP contribution in [-0.2, 0) is 10.0 Å². The molecular weight excluding hydrogens is 368 g/mol. The van der Waals surface area contributed by atoms with Gasteiger partial charge in [0.15, 0.2) is 5.78 Å². The van der Waals surface area contributed by atoms with Crippen molar-refractivity contribution in [2.75, 3.05) is 26.2 Å². The van der Waals surface area contributed by atoms with Gasteiger partial charge in [0, 0.05) is 37.9 Å². The van der Waals surface area contributed by atoms with Crippen molar-refractivity contribution < 1.29 is 18.0 Å². The first-order valence-corrected chi connectivity index (χ1v) is 9.76. The second kappa shape index (κ2) is 7.34. The van der Waals surface area contributed by atoms with E-state index in [4.69, 9.17) is 5.26 Å². The zero-order valence-electron chi connectivity index (χ0n) is 14.7. The lowest BCUT2D eigenvalue weighted by atomic mass is 10.2. The number of amides is 1. The van der Waals surface area contributed by atoms with Crippen LogP contribution < -0.4 is 0 Å². The number of ketones is 1. The summed E-state index contributed by atoms with van der Waals surface area (Å²) in [5, 5.41) is 9.15. The van der Waals surface area contributed by atoms with Gasteiger partial charge in [0.2, 0.25) is 10.0 Å². The zero-order valence-corrected chi connectivity index (χ0v) is 15.5. The molecule has 0 bridgehead atoms. The molecule has 2 heterocycles. The highest BCUT2D eigenvalue weighted by Crippen LogP contribution is 2.21. The Bertz CT molecular complexity index is 1030. The fourth-order valence-electron chi connectivity index (χ4n) is 2.95. The van der Waals surface area contributed by atoms with E-state index < -0.39 is 10.0 Å². The Kier molecular flexibility index (Phi) is 5.12. The lowest BCUT2D eigenvalue weighted by molar-refractivity contribution is 0.0692. The Labute approximate surface area is 157 Å². The van der Waals surface area contributed by atoms with E-state index in [-0.39, 0.29) is 48.3 Å². The van der Waals surface area contributed by atoms with Crippen LogP contribution in [0.4, 0.5) is 0 Å². The molecule has 3 rings (SSSR count). The van der Waals surface area contributed by atoms with Crippen molar-refractivity contribution >= 4 is 21.7 Å². The summed E-state index contributed by atoms with van der Waals surface area (Å²) in [5.41, 5.74) is 0.818. The van der Waals surface area contributed by atoms with Crippen LogP contribution in [0, 0.1) is 11.3 Å². The van der Waals surface area contributed by atoms with E-state index in [1.165, 1.54) is 40.5 Å². The summed E-state index contributed by atoms with van der Waals surface area (Å²) in [6.45, 7) is 2.13. The van der Waals surface area contributed by atoms with E-state index >= 15 is 0 Å². The highest BCUT2D eigenvalue weighted by molar-refractivity contribution is 7.89. The average Bonchev–Trinajstić information content (AvgIpc) is 3.18. The van der Waals surface area contributed by atoms with Crippen LogP contribution in [0.1, 0.15) is 33.3 Å². The molecule has 0 atom stereocenters. The fraction of sp³-hybridized carbons (Fsp3) is 0.278. The van der Waals surface area contributed by atoms with Gasteiger partial charge in [-0.15, -0.1) is 0 Å². The number of rotatable bonds is 4. The van der Waals surface area contributed by atoms with Gasteiger partial charge in [0.1, 0.15) is 11.8 Å². The molecule has 9 heteroatoms. The first kappa shape index (κ1) is 18.8. The van der Waals surface area contributed by atoms with Crippen LogP contribution in [-0.4, -0.2) is 60.5 Å². The Morgan fingerprint density at radius 2 is 1.81 bits per heavy atom. The number of sulfonamides is 1. The monoisotopic (exact) mass is 386 g/mol. The molecule has 1 amide bonds. The van der Waals surface area contributed by atoms with E-state index in [1.54, 1.807) is 12.1 Å². The average molecular weight is 386 g/mol. The minimum atomic E-state index is -3.81. The summed E-state index contributed by atoms with van der Waals surface area (Å²) >= 11 is 0. The zero-order chi connectivity index (χ0) is 19.6. The fourth-order valence-corrected chi connectivity index (χ4v) is 4.51. The third-order valence-corrected chi connectivity index (χ3v) is 6.43. The summed E-state index contributed by atoms with van der Waals surface area (Å²) in [4.78, 5) is 28.2. The number of H-pyrrole nitrogens is 1. The van der Waals surface area contributed by atoms with Gasteiger partial charge in [0.25, 0.3) is 5.91 Å². The standard InChI is InChI=1S/C18H18N4O4S/c1-13(23)15-10-16(20-12-15)18(24)21-6-8-22(9-7-21)27(25,26)17-5-3-2-4-14(17)11-19/h2-5,10,12,20H,6-9H2,1H3. The molecule has 1 fully saturated rings. The molecule has 1 saturated heterocycles. The van der Waals surface area contributed by atoms with Crippen molar-refractivity contribution in [2.45, 2.75) is 11.8 Å². The number of aromatic nitrogens is 1. The van der Waals surface area contributed by atoms with Crippen LogP contribution in [0.3, 0.4) is 0 Å². The second-order valence-electron chi connectivity index (χ2n) is 6.16. The van der Waals surface area contributed by atoms with E-state index in [9.17, 15) is 18.0 Å². The number of nitriles is 1. The topological polar surface area (TPSA) is 114 Å². The lowest BCUT2D eigenvalue weighted by Crippen LogP contribution is -2.50. The first-order valence-electron chi connectivity index (χ1n) is 8.32. The van der Waals surface area contributed by atoms with E-state index in [0.717, 1.165) is 0 Å². The lowest BCUT2D eigenvalue weighted by Gasteiger charge is -2.33. The van der Waals surface area contributed by atoms with Crippen LogP contribution in [0.2, 0.25) is 0 Å². The number of nitrogens with zero attached hydrogens (tertiary/aromatic N) is 3. The maximum Gasteiger partial charge on any atom is 0.270 e. The van der Waals surface area contributed by atoms with Crippen LogP contribution in [0.25, 0.3) is 0 Å². The van der Waals surface area contributed by atoms with Crippen LogP contribution in [0.5, 0.6) is 0 Å². The molecule has 2 aromatic rings. The van der Waals surface area contributed by atoms with Crippen molar-refractivity contribution in [1.29, 1.82) is 5.26 Å². The molecule has 1 aliphatic heterocycles. The Balaban J connectivity index is 1.72. The molecule has 1 N–H and O–H groups in total. The molecule has 0 aliphatic carbocycles. The van der Waals surface area contributed by atoms with Gasteiger partial charge in [-0.2, -0.15) is 9.57 Å². The summed E-state index contributed by atoms with van der Waals surface area (Å²) in [7, 11) is -3.81. The minimum absolute atomic E-state index is 0.0252. The predicted molar refractivity (Wildman–Crippen MR) is 96.6 cm³/mol. The summed E-state index contributed by atoms with van der Waals surface area (Å²) < 4.78 is 26.9. The molecule has 1 aromatic heterocycles. The Morgan fingerprint density at radius 3 is 2.41 bits per heavy atom. The number of Topliss-reactive ketones (excluding diaryl/α,β-unsaturated/α-hetero) is 1. The number of nitrogens with one attached hydrogen (secondary N) is 1. The molecule has 1 aromatic carbocycles. The molecule has 27 heavy (non-hydrogen) atoms. The molecule has 0 radical (unpaired) electrons. The normalized spacial score (nSPS) is 15.3. The molecule has 0 unspecified atom stereocenters. The van der Waals surface area contributed by atoms with Gasteiger partial charge in [-0.1, -0.05) is 12.1 Å². The number of aromatic amines is 1. The number of carbonyl (C=O) groups excluding carboxylic acids is 2. The molecule has 8 nitrogen and oxygen atoms in total. The number of hydrogen-bond acceptors (Lipinski definition) is 5. The van der Waals surface area contributed by atoms with Crippen molar-refractivity contribution in [1.82, 2.24) is 14.2 Å². The van der Waals surface area contributed by atoms with Crippen LogP contribution >= 0.6 is 0 Å². The van der Waals surface area contributed by atoms with E-state index in [2.05, 4.69) is 4.98 Å². The van der Waals surface area contributed by atoms with Crippen molar-refractivity contribution in [2.24, 2.45) is 0 Å². The van der Waals surface area contributed by atoms with Crippen molar-refractivity contribution in [3.63, 3.8) is 0 Å². The number of carbonyl (C=O) groups is 2. The molecular formula is C18H18N4O4S. The van der Waals surface area contributed by atoms with Crippen molar-refractivity contribution in [3.05, 3.63) is 53.3 Å². The molecule has 0 saturated carbocycles. The Morgan fingerprint density at radius 1 is 1.15 bits per heavy atom. The minimum Gasteiger partial charge on any atom is -0.356 e. The third-order valence-electron chi connectivity index (χ3n) is 4.47. The predicted octanol–water partition coefficient (Wildman–Crippen LogP) is 1.24. The van der Waals surface area contributed by atoms with Gasteiger partial charge < -0.3 is 9.88 Å². The maximum atomic E-state index is 12.8. The largest absolute Gasteiger partial charge is 0.356 e. The maximum absolute atomic E-state index is 12.8. The number of benzene rings is 1. The molecule has 0 spiro atoms. The van der Waals surface area contributed by atoms with Gasteiger partial charge in [0.05, 0.1) is 10.5 Å². The van der Waals surface area contributed by atoms with Gasteiger partial charge in [-0.05, 0) is 25.1 Å². The molecule has 140 valence electrons. The SMILES string of the molecule is CC(=O)c1c[nH]c(C(=O)N2CCN(S(=O)(=O)c3ccccc3C#N)CC2)c1. The third kappa shape index (κ3) is 3.63.